The maximum atomic E-state index is 12.5. The van der Waals surface area contributed by atoms with Gasteiger partial charge in [-0.05, 0) is 35.9 Å². The van der Waals surface area contributed by atoms with Crippen molar-refractivity contribution in [3.05, 3.63) is 81.3 Å². The highest BCUT2D eigenvalue weighted by Gasteiger charge is 2.24. The van der Waals surface area contributed by atoms with Crippen molar-refractivity contribution < 1.29 is 13.2 Å². The highest BCUT2D eigenvalue weighted by atomic mass is 35.5. The molecule has 140 valence electrons. The molecule has 27 heavy (non-hydrogen) atoms. The number of Topliss-reactive ketones (excluding diaryl/α,β-unsaturated/α-hetero) is 1. The molecule has 0 unspecified atom stereocenters. The number of carbonyl (C=O) groups excluding carboxylic acids is 1. The molecule has 1 heterocycles. The number of ketones is 1. The molecule has 0 aliphatic heterocycles. The zero-order valence-electron chi connectivity index (χ0n) is 13.8. The number of hydrogen-bond donors (Lipinski definition) is 0. The van der Waals surface area contributed by atoms with Gasteiger partial charge < -0.3 is 4.57 Å². The zero-order valence-corrected chi connectivity index (χ0v) is 16.9. The van der Waals surface area contributed by atoms with Gasteiger partial charge in [-0.2, -0.15) is 0 Å². The lowest BCUT2D eigenvalue weighted by atomic mass is 10.2. The minimum atomic E-state index is -3.91. The minimum absolute atomic E-state index is 0.0245. The fourth-order valence-electron chi connectivity index (χ4n) is 2.44. The lowest BCUT2D eigenvalue weighted by Crippen LogP contribution is -2.17. The second-order valence-corrected chi connectivity index (χ2v) is 9.05. The first-order chi connectivity index (χ1) is 12.7. The average Bonchev–Trinajstić information content (AvgIpc) is 3.05. The van der Waals surface area contributed by atoms with Gasteiger partial charge in [0.05, 0.1) is 16.2 Å². The summed E-state index contributed by atoms with van der Waals surface area (Å²) in [6, 6.07) is 11.3. The molecule has 0 aliphatic carbocycles. The summed E-state index contributed by atoms with van der Waals surface area (Å²) in [5.74, 6) is -1.34. The summed E-state index contributed by atoms with van der Waals surface area (Å²) >= 11 is 17.6. The minimum Gasteiger partial charge on any atom is -0.332 e. The molecule has 5 nitrogen and oxygen atoms in total. The predicted molar refractivity (Wildman–Crippen MR) is 106 cm³/mol. The molecule has 0 atom stereocenters. The quantitative estimate of drug-likeness (QED) is 0.524. The van der Waals surface area contributed by atoms with Gasteiger partial charge in [0, 0.05) is 22.8 Å². The maximum absolute atomic E-state index is 12.5. The standard InChI is InChI=1S/C18H13Cl3N2O3S/c19-13-3-1-12(2-4-13)8-23-9-16(22-11-23)17(24)10-27(25,26)18-6-5-14(20)7-15(18)21/h1-7,9,11H,8,10H2. The number of carbonyl (C=O) groups is 1. The molecule has 0 fully saturated rings. The molecular weight excluding hydrogens is 431 g/mol. The van der Waals surface area contributed by atoms with Crippen molar-refractivity contribution in [3.63, 3.8) is 0 Å². The fourth-order valence-corrected chi connectivity index (χ4v) is 4.61. The first-order valence-corrected chi connectivity index (χ1v) is 10.5. The van der Waals surface area contributed by atoms with Crippen LogP contribution in [-0.4, -0.2) is 29.5 Å². The van der Waals surface area contributed by atoms with E-state index in [1.54, 1.807) is 16.7 Å². The average molecular weight is 444 g/mol. The summed E-state index contributed by atoms with van der Waals surface area (Å²) in [7, 11) is -3.91. The normalized spacial score (nSPS) is 11.5. The van der Waals surface area contributed by atoms with Crippen LogP contribution < -0.4 is 0 Å². The summed E-state index contributed by atoms with van der Waals surface area (Å²) in [5, 5.41) is 0.918. The van der Waals surface area contributed by atoms with Crippen LogP contribution >= 0.6 is 34.8 Å². The summed E-state index contributed by atoms with van der Waals surface area (Å²) in [4.78, 5) is 16.3. The van der Waals surface area contributed by atoms with Crippen molar-refractivity contribution in [2.45, 2.75) is 11.4 Å². The van der Waals surface area contributed by atoms with Gasteiger partial charge in [0.1, 0.15) is 11.4 Å². The van der Waals surface area contributed by atoms with E-state index in [1.165, 1.54) is 30.7 Å². The Morgan fingerprint density at radius 1 is 1.00 bits per heavy atom. The van der Waals surface area contributed by atoms with Gasteiger partial charge in [0.2, 0.25) is 0 Å². The van der Waals surface area contributed by atoms with Gasteiger partial charge in [0.15, 0.2) is 15.6 Å². The fraction of sp³-hybridized carbons (Fsp3) is 0.111. The van der Waals surface area contributed by atoms with Crippen molar-refractivity contribution >= 4 is 50.4 Å². The van der Waals surface area contributed by atoms with E-state index in [0.717, 1.165) is 5.56 Å². The van der Waals surface area contributed by atoms with E-state index in [4.69, 9.17) is 34.8 Å². The van der Waals surface area contributed by atoms with Crippen molar-refractivity contribution in [2.75, 3.05) is 5.75 Å². The third-order valence-corrected chi connectivity index (χ3v) is 6.33. The van der Waals surface area contributed by atoms with E-state index >= 15 is 0 Å². The van der Waals surface area contributed by atoms with E-state index < -0.39 is 21.4 Å². The Morgan fingerprint density at radius 2 is 1.67 bits per heavy atom. The molecule has 3 rings (SSSR count). The van der Waals surface area contributed by atoms with Crippen LogP contribution in [-0.2, 0) is 16.4 Å². The summed E-state index contributed by atoms with van der Waals surface area (Å²) in [6.07, 6.45) is 2.99. The molecule has 0 saturated carbocycles. The molecule has 0 amide bonds. The number of hydrogen-bond acceptors (Lipinski definition) is 4. The number of aromatic nitrogens is 2. The molecule has 2 aromatic carbocycles. The summed E-state index contributed by atoms with van der Waals surface area (Å²) < 4.78 is 26.7. The molecule has 0 bridgehead atoms. The van der Waals surface area contributed by atoms with Crippen LogP contribution in [0.15, 0.2) is 59.9 Å². The lowest BCUT2D eigenvalue weighted by Gasteiger charge is -2.05. The van der Waals surface area contributed by atoms with Crippen LogP contribution in [0.2, 0.25) is 15.1 Å². The lowest BCUT2D eigenvalue weighted by molar-refractivity contribution is 0.101. The van der Waals surface area contributed by atoms with Crippen molar-refractivity contribution in [3.8, 4) is 0 Å². The smallest absolute Gasteiger partial charge is 0.198 e. The highest BCUT2D eigenvalue weighted by molar-refractivity contribution is 7.92. The van der Waals surface area contributed by atoms with Gasteiger partial charge >= 0.3 is 0 Å². The molecule has 0 N–H and O–H groups in total. The molecular formula is C18H13Cl3N2O3S. The molecule has 1 aromatic heterocycles. The second kappa shape index (κ2) is 8.02. The number of sulfone groups is 1. The third-order valence-electron chi connectivity index (χ3n) is 3.75. The highest BCUT2D eigenvalue weighted by Crippen LogP contribution is 2.26. The summed E-state index contributed by atoms with van der Waals surface area (Å²) in [6.45, 7) is 0.479. The zero-order chi connectivity index (χ0) is 19.6. The molecule has 3 aromatic rings. The number of benzene rings is 2. The monoisotopic (exact) mass is 442 g/mol. The molecule has 9 heteroatoms. The Hall–Kier alpha value is -1.86. The van der Waals surface area contributed by atoms with Crippen LogP contribution in [0.3, 0.4) is 0 Å². The maximum Gasteiger partial charge on any atom is 0.198 e. The number of imidazole rings is 1. The number of rotatable bonds is 6. The van der Waals surface area contributed by atoms with E-state index in [-0.39, 0.29) is 15.6 Å². The van der Waals surface area contributed by atoms with Gasteiger partial charge in [0.25, 0.3) is 0 Å². The van der Waals surface area contributed by atoms with Crippen LogP contribution in [0.5, 0.6) is 0 Å². The van der Waals surface area contributed by atoms with Crippen molar-refractivity contribution in [1.82, 2.24) is 9.55 Å². The van der Waals surface area contributed by atoms with E-state index in [0.29, 0.717) is 16.6 Å². The Balaban J connectivity index is 1.74. The van der Waals surface area contributed by atoms with E-state index in [2.05, 4.69) is 4.98 Å². The van der Waals surface area contributed by atoms with Crippen molar-refractivity contribution in [1.29, 1.82) is 0 Å². The van der Waals surface area contributed by atoms with E-state index in [9.17, 15) is 13.2 Å². The van der Waals surface area contributed by atoms with Crippen LogP contribution in [0.4, 0.5) is 0 Å². The predicted octanol–water partition coefficient (Wildman–Crippen LogP) is 4.55. The molecule has 0 aliphatic rings. The molecule has 0 spiro atoms. The molecule has 0 radical (unpaired) electrons. The first kappa shape index (κ1) is 19.9. The van der Waals surface area contributed by atoms with Gasteiger partial charge in [-0.15, -0.1) is 0 Å². The van der Waals surface area contributed by atoms with Crippen molar-refractivity contribution in [2.24, 2.45) is 0 Å². The Bertz CT molecular complexity index is 1090. The van der Waals surface area contributed by atoms with Gasteiger partial charge in [-0.1, -0.05) is 46.9 Å². The summed E-state index contributed by atoms with van der Waals surface area (Å²) in [5.41, 5.74) is 1.04. The Morgan fingerprint density at radius 3 is 2.33 bits per heavy atom. The third kappa shape index (κ3) is 4.90. The second-order valence-electron chi connectivity index (χ2n) is 5.81. The van der Waals surface area contributed by atoms with Crippen LogP contribution in [0.1, 0.15) is 16.1 Å². The largest absolute Gasteiger partial charge is 0.332 e. The molecule has 0 saturated heterocycles. The van der Waals surface area contributed by atoms with E-state index in [1.807, 2.05) is 12.1 Å². The Kier molecular flexibility index (Phi) is 5.91. The topological polar surface area (TPSA) is 69.0 Å². The van der Waals surface area contributed by atoms with Crippen LogP contribution in [0.25, 0.3) is 0 Å². The Labute approximate surface area is 171 Å². The SMILES string of the molecule is O=C(CS(=O)(=O)c1ccc(Cl)cc1Cl)c1cn(Cc2ccc(Cl)cc2)cn1. The van der Waals surface area contributed by atoms with Crippen LogP contribution in [0, 0.1) is 0 Å². The number of nitrogens with zero attached hydrogens (tertiary/aromatic N) is 2. The number of halogens is 3. The van der Waals surface area contributed by atoms with Gasteiger partial charge in [-0.25, -0.2) is 13.4 Å². The first-order valence-electron chi connectivity index (χ1n) is 7.72. The van der Waals surface area contributed by atoms with Gasteiger partial charge in [-0.3, -0.25) is 4.79 Å².